The van der Waals surface area contributed by atoms with Crippen LogP contribution in [0.1, 0.15) is 18.9 Å². The molecule has 0 saturated heterocycles. The van der Waals surface area contributed by atoms with E-state index in [1.165, 1.54) is 0 Å². The average molecular weight is 229 g/mol. The van der Waals surface area contributed by atoms with Gasteiger partial charge in [0.15, 0.2) is 0 Å². The fraction of sp³-hybridized carbons (Fsp3) is 0.500. The predicted octanol–water partition coefficient (Wildman–Crippen LogP) is 0.760. The van der Waals surface area contributed by atoms with E-state index in [0.717, 1.165) is 11.3 Å². The second kappa shape index (κ2) is 4.83. The summed E-state index contributed by atoms with van der Waals surface area (Å²) in [5, 5.41) is 19.1. The molecule has 0 aliphatic carbocycles. The molecule has 1 aromatic heterocycles. The molecule has 82 valence electrons. The van der Waals surface area contributed by atoms with Crippen LogP contribution in [-0.2, 0) is 16.0 Å². The molecule has 1 heterocycles. The summed E-state index contributed by atoms with van der Waals surface area (Å²) in [4.78, 5) is 21.6. The lowest BCUT2D eigenvalue weighted by molar-refractivity contribution is -0.136. The zero-order valence-corrected chi connectivity index (χ0v) is 9.17. The molecule has 0 saturated carbocycles. The lowest BCUT2D eigenvalue weighted by atomic mass is 10.2. The van der Waals surface area contributed by atoms with E-state index in [0.29, 0.717) is 10.1 Å². The molecule has 0 unspecified atom stereocenters. The maximum absolute atomic E-state index is 11.3. The molecule has 0 fully saturated rings. The topological polar surface area (TPSA) is 92.2 Å². The van der Waals surface area contributed by atoms with Gasteiger partial charge >= 0.3 is 5.97 Å². The molecule has 7 heteroatoms. The van der Waals surface area contributed by atoms with Crippen LogP contribution < -0.4 is 5.32 Å². The minimum atomic E-state index is -0.965. The Balaban J connectivity index is 2.60. The lowest BCUT2D eigenvalue weighted by Crippen LogP contribution is -2.17. The van der Waals surface area contributed by atoms with E-state index in [9.17, 15) is 9.59 Å². The van der Waals surface area contributed by atoms with E-state index >= 15 is 0 Å². The molecule has 1 aromatic rings. The van der Waals surface area contributed by atoms with Crippen LogP contribution in [0.4, 0.5) is 5.13 Å². The van der Waals surface area contributed by atoms with Crippen molar-refractivity contribution in [2.75, 3.05) is 5.32 Å². The highest BCUT2D eigenvalue weighted by atomic mass is 32.1. The van der Waals surface area contributed by atoms with Gasteiger partial charge in [-0.15, -0.1) is 10.2 Å². The molecule has 2 N–H and O–H groups in total. The Labute approximate surface area is 90.3 Å². The summed E-state index contributed by atoms with van der Waals surface area (Å²) >= 11 is 1.07. The molecule has 0 aromatic carbocycles. The first-order chi connectivity index (χ1) is 6.99. The number of carboxylic acids is 1. The summed E-state index contributed by atoms with van der Waals surface area (Å²) in [6.45, 7) is 3.52. The molecule has 0 aliphatic rings. The van der Waals surface area contributed by atoms with Gasteiger partial charge in [0, 0.05) is 5.92 Å². The fourth-order valence-corrected chi connectivity index (χ4v) is 1.49. The van der Waals surface area contributed by atoms with Crippen molar-refractivity contribution in [2.24, 2.45) is 5.92 Å². The fourth-order valence-electron chi connectivity index (χ4n) is 0.755. The van der Waals surface area contributed by atoms with Crippen molar-refractivity contribution < 1.29 is 14.7 Å². The lowest BCUT2D eigenvalue weighted by Gasteiger charge is -2.02. The first kappa shape index (κ1) is 11.6. The summed E-state index contributed by atoms with van der Waals surface area (Å²) < 4.78 is 0. The van der Waals surface area contributed by atoms with Crippen LogP contribution in [0.25, 0.3) is 0 Å². The summed E-state index contributed by atoms with van der Waals surface area (Å²) in [7, 11) is 0. The van der Waals surface area contributed by atoms with Crippen LogP contribution in [0.5, 0.6) is 0 Å². The number of amides is 1. The van der Waals surface area contributed by atoms with Crippen LogP contribution in [0.2, 0.25) is 0 Å². The Kier molecular flexibility index (Phi) is 3.73. The molecule has 0 atom stereocenters. The minimum absolute atomic E-state index is 0.142. The molecule has 0 bridgehead atoms. The van der Waals surface area contributed by atoms with Crippen LogP contribution in [0, 0.1) is 5.92 Å². The van der Waals surface area contributed by atoms with E-state index < -0.39 is 5.97 Å². The number of hydrogen-bond acceptors (Lipinski definition) is 5. The minimum Gasteiger partial charge on any atom is -0.481 e. The summed E-state index contributed by atoms with van der Waals surface area (Å²) in [6.07, 6.45) is -0.171. The van der Waals surface area contributed by atoms with Gasteiger partial charge in [0.25, 0.3) is 0 Å². The largest absolute Gasteiger partial charge is 0.481 e. The smallest absolute Gasteiger partial charge is 0.310 e. The van der Waals surface area contributed by atoms with Gasteiger partial charge < -0.3 is 10.4 Å². The maximum atomic E-state index is 11.3. The number of nitrogens with one attached hydrogen (secondary N) is 1. The number of anilines is 1. The molecule has 0 spiro atoms. The monoisotopic (exact) mass is 229 g/mol. The van der Waals surface area contributed by atoms with Crippen molar-refractivity contribution in [3.05, 3.63) is 5.01 Å². The normalized spacial score (nSPS) is 10.3. The third-order valence-corrected chi connectivity index (χ3v) is 2.36. The van der Waals surface area contributed by atoms with E-state index in [2.05, 4.69) is 15.5 Å². The van der Waals surface area contributed by atoms with Gasteiger partial charge in [0.05, 0.1) is 6.42 Å². The van der Waals surface area contributed by atoms with Gasteiger partial charge in [0.2, 0.25) is 11.0 Å². The van der Waals surface area contributed by atoms with Crippen LogP contribution in [0.3, 0.4) is 0 Å². The second-order valence-electron chi connectivity index (χ2n) is 3.22. The van der Waals surface area contributed by atoms with Crippen molar-refractivity contribution in [3.8, 4) is 0 Å². The number of aliphatic carboxylic acids is 1. The molecule has 1 rings (SSSR count). The quantitative estimate of drug-likeness (QED) is 0.795. The van der Waals surface area contributed by atoms with Gasteiger partial charge in [-0.1, -0.05) is 25.2 Å². The van der Waals surface area contributed by atoms with Gasteiger partial charge in [-0.3, -0.25) is 9.59 Å². The Hall–Kier alpha value is -1.50. The Morgan fingerprint density at radius 2 is 2.13 bits per heavy atom. The number of aromatic nitrogens is 2. The number of carboxylic acid groups (broad SMARTS) is 1. The summed E-state index contributed by atoms with van der Waals surface area (Å²) in [5.41, 5.74) is 0. The molecule has 0 aliphatic heterocycles. The van der Waals surface area contributed by atoms with Gasteiger partial charge in [0.1, 0.15) is 5.01 Å². The second-order valence-corrected chi connectivity index (χ2v) is 4.28. The predicted molar refractivity (Wildman–Crippen MR) is 54.7 cm³/mol. The van der Waals surface area contributed by atoms with Gasteiger partial charge in [-0.05, 0) is 0 Å². The van der Waals surface area contributed by atoms with Crippen molar-refractivity contribution >= 4 is 28.3 Å². The van der Waals surface area contributed by atoms with Crippen molar-refractivity contribution in [1.82, 2.24) is 10.2 Å². The zero-order valence-electron chi connectivity index (χ0n) is 8.35. The molecule has 6 nitrogen and oxygen atoms in total. The van der Waals surface area contributed by atoms with Crippen molar-refractivity contribution in [1.29, 1.82) is 0 Å². The first-order valence-corrected chi connectivity index (χ1v) is 5.15. The van der Waals surface area contributed by atoms with Gasteiger partial charge in [-0.25, -0.2) is 0 Å². The number of hydrogen-bond donors (Lipinski definition) is 2. The third-order valence-electron chi connectivity index (χ3n) is 1.52. The van der Waals surface area contributed by atoms with E-state index in [1.807, 2.05) is 0 Å². The van der Waals surface area contributed by atoms with E-state index in [-0.39, 0.29) is 18.2 Å². The molecule has 0 radical (unpaired) electrons. The van der Waals surface area contributed by atoms with Crippen LogP contribution in [0.15, 0.2) is 0 Å². The summed E-state index contributed by atoms with van der Waals surface area (Å²) in [6, 6.07) is 0. The average Bonchev–Trinajstić information content (AvgIpc) is 2.51. The Morgan fingerprint density at radius 3 is 2.67 bits per heavy atom. The molecule has 15 heavy (non-hydrogen) atoms. The Bertz CT molecular complexity index is 375. The zero-order chi connectivity index (χ0) is 11.4. The third kappa shape index (κ3) is 3.62. The number of rotatable bonds is 4. The maximum Gasteiger partial charge on any atom is 0.310 e. The van der Waals surface area contributed by atoms with E-state index in [1.54, 1.807) is 13.8 Å². The number of carbonyl (C=O) groups is 2. The standard InChI is InChI=1S/C8H11N3O3S/c1-4(2)7(14)9-8-11-10-5(15-8)3-6(12)13/h4H,3H2,1-2H3,(H,12,13)(H,9,11,14). The molecule has 1 amide bonds. The Morgan fingerprint density at radius 1 is 1.47 bits per heavy atom. The summed E-state index contributed by atoms with van der Waals surface area (Å²) in [5.74, 6) is -1.27. The first-order valence-electron chi connectivity index (χ1n) is 4.34. The van der Waals surface area contributed by atoms with Crippen LogP contribution in [-0.4, -0.2) is 27.2 Å². The highest BCUT2D eigenvalue weighted by Crippen LogP contribution is 2.16. The van der Waals surface area contributed by atoms with E-state index in [4.69, 9.17) is 5.11 Å². The van der Waals surface area contributed by atoms with Crippen LogP contribution >= 0.6 is 11.3 Å². The highest BCUT2D eigenvalue weighted by Gasteiger charge is 2.12. The van der Waals surface area contributed by atoms with Crippen molar-refractivity contribution in [2.45, 2.75) is 20.3 Å². The van der Waals surface area contributed by atoms with Crippen molar-refractivity contribution in [3.63, 3.8) is 0 Å². The molecular formula is C8H11N3O3S. The molecular weight excluding hydrogens is 218 g/mol. The van der Waals surface area contributed by atoms with Gasteiger partial charge in [-0.2, -0.15) is 0 Å². The SMILES string of the molecule is CC(C)C(=O)Nc1nnc(CC(=O)O)s1. The number of nitrogens with zero attached hydrogens (tertiary/aromatic N) is 2. The highest BCUT2D eigenvalue weighted by molar-refractivity contribution is 7.15. The number of carbonyl (C=O) groups excluding carboxylic acids is 1.